The van der Waals surface area contributed by atoms with E-state index in [4.69, 9.17) is 5.11 Å². The van der Waals surface area contributed by atoms with Crippen LogP contribution in [0.2, 0.25) is 0 Å². The monoisotopic (exact) mass is 282 g/mol. The van der Waals surface area contributed by atoms with Crippen molar-refractivity contribution in [1.82, 2.24) is 10.6 Å². The minimum Gasteiger partial charge on any atom is -0.481 e. The minimum absolute atomic E-state index is 0.0227. The van der Waals surface area contributed by atoms with Gasteiger partial charge in [-0.25, -0.2) is 4.79 Å². The van der Waals surface area contributed by atoms with Crippen LogP contribution in [-0.2, 0) is 11.3 Å². The Bertz CT molecular complexity index is 472. The fraction of sp³-hybridized carbons (Fsp3) is 0.538. The summed E-state index contributed by atoms with van der Waals surface area (Å²) in [5.41, 5.74) is 1.18. The van der Waals surface area contributed by atoms with Gasteiger partial charge in [0.2, 0.25) is 0 Å². The molecule has 0 aliphatic heterocycles. The lowest BCUT2D eigenvalue weighted by molar-refractivity contribution is -0.141. The minimum atomic E-state index is -0.765. The SMILES string of the molecule is Cc1ccsc1CNC(=O)N[C@H]1CC[C@@H](C(=O)O)C1. The number of urea groups is 1. The van der Waals surface area contributed by atoms with Gasteiger partial charge in [-0.2, -0.15) is 0 Å². The molecule has 1 heterocycles. The van der Waals surface area contributed by atoms with Crippen molar-refractivity contribution < 1.29 is 14.7 Å². The van der Waals surface area contributed by atoms with Gasteiger partial charge in [0.05, 0.1) is 12.5 Å². The molecule has 1 aromatic rings. The summed E-state index contributed by atoms with van der Waals surface area (Å²) in [7, 11) is 0. The number of aliphatic carboxylic acids is 1. The molecule has 1 fully saturated rings. The van der Waals surface area contributed by atoms with Gasteiger partial charge < -0.3 is 15.7 Å². The van der Waals surface area contributed by atoms with E-state index in [0.717, 1.165) is 11.3 Å². The number of carbonyl (C=O) groups is 2. The van der Waals surface area contributed by atoms with E-state index in [1.54, 1.807) is 11.3 Å². The van der Waals surface area contributed by atoms with Gasteiger partial charge in [0.15, 0.2) is 0 Å². The van der Waals surface area contributed by atoms with Crippen molar-refractivity contribution in [2.75, 3.05) is 0 Å². The van der Waals surface area contributed by atoms with Crippen LogP contribution < -0.4 is 10.6 Å². The van der Waals surface area contributed by atoms with Crippen LogP contribution in [-0.4, -0.2) is 23.1 Å². The first-order valence-electron chi connectivity index (χ1n) is 6.36. The van der Waals surface area contributed by atoms with Gasteiger partial charge in [0, 0.05) is 10.9 Å². The summed E-state index contributed by atoms with van der Waals surface area (Å²) >= 11 is 1.62. The van der Waals surface area contributed by atoms with Crippen molar-refractivity contribution >= 4 is 23.3 Å². The fourth-order valence-electron chi connectivity index (χ4n) is 2.32. The van der Waals surface area contributed by atoms with Gasteiger partial charge in [0.25, 0.3) is 0 Å². The van der Waals surface area contributed by atoms with E-state index >= 15 is 0 Å². The van der Waals surface area contributed by atoms with Gasteiger partial charge in [0.1, 0.15) is 0 Å². The van der Waals surface area contributed by atoms with Crippen molar-refractivity contribution in [3.63, 3.8) is 0 Å². The molecule has 5 nitrogen and oxygen atoms in total. The zero-order chi connectivity index (χ0) is 13.8. The molecule has 0 aromatic carbocycles. The third kappa shape index (κ3) is 3.70. The highest BCUT2D eigenvalue weighted by molar-refractivity contribution is 7.10. The van der Waals surface area contributed by atoms with Crippen LogP contribution in [0.25, 0.3) is 0 Å². The van der Waals surface area contributed by atoms with Gasteiger partial charge in [-0.1, -0.05) is 0 Å². The number of nitrogens with one attached hydrogen (secondary N) is 2. The molecule has 0 radical (unpaired) electrons. The van der Waals surface area contributed by atoms with Gasteiger partial charge >= 0.3 is 12.0 Å². The maximum atomic E-state index is 11.7. The fourth-order valence-corrected chi connectivity index (χ4v) is 3.16. The molecule has 1 aromatic heterocycles. The lowest BCUT2D eigenvalue weighted by Crippen LogP contribution is -2.40. The van der Waals surface area contributed by atoms with Crippen LogP contribution >= 0.6 is 11.3 Å². The summed E-state index contributed by atoms with van der Waals surface area (Å²) in [5.74, 6) is -1.08. The number of thiophene rings is 1. The number of aryl methyl sites for hydroxylation is 1. The first-order valence-corrected chi connectivity index (χ1v) is 7.24. The molecular formula is C13H18N2O3S. The molecule has 19 heavy (non-hydrogen) atoms. The molecule has 2 amide bonds. The van der Waals surface area contributed by atoms with Gasteiger partial charge in [-0.05, 0) is 43.2 Å². The summed E-state index contributed by atoms with van der Waals surface area (Å²) in [4.78, 5) is 23.7. The Hall–Kier alpha value is -1.56. The highest BCUT2D eigenvalue weighted by Crippen LogP contribution is 2.25. The molecule has 2 rings (SSSR count). The zero-order valence-electron chi connectivity index (χ0n) is 10.8. The molecular weight excluding hydrogens is 264 g/mol. The van der Waals surface area contributed by atoms with Crippen LogP contribution in [0, 0.1) is 12.8 Å². The number of amides is 2. The second-order valence-corrected chi connectivity index (χ2v) is 5.90. The quantitative estimate of drug-likeness (QED) is 0.791. The van der Waals surface area contributed by atoms with Crippen LogP contribution in [0.3, 0.4) is 0 Å². The molecule has 0 spiro atoms. The summed E-state index contributed by atoms with van der Waals surface area (Å²) in [6.07, 6.45) is 1.91. The van der Waals surface area contributed by atoms with E-state index in [0.29, 0.717) is 19.4 Å². The normalized spacial score (nSPS) is 22.2. The first kappa shape index (κ1) is 13.9. The second-order valence-electron chi connectivity index (χ2n) is 4.90. The molecule has 104 valence electrons. The van der Waals surface area contributed by atoms with Crippen LogP contribution in [0.4, 0.5) is 4.79 Å². The van der Waals surface area contributed by atoms with Crippen molar-refractivity contribution in [1.29, 1.82) is 0 Å². The Morgan fingerprint density at radius 1 is 1.47 bits per heavy atom. The highest BCUT2D eigenvalue weighted by Gasteiger charge is 2.30. The number of rotatable bonds is 4. The summed E-state index contributed by atoms with van der Waals surface area (Å²) in [5, 5.41) is 16.5. The smallest absolute Gasteiger partial charge is 0.315 e. The second kappa shape index (κ2) is 6.06. The number of carboxylic acid groups (broad SMARTS) is 1. The summed E-state index contributed by atoms with van der Waals surface area (Å²) in [6.45, 7) is 2.53. The van der Waals surface area contributed by atoms with E-state index in [2.05, 4.69) is 10.6 Å². The van der Waals surface area contributed by atoms with Crippen LogP contribution in [0.1, 0.15) is 29.7 Å². The van der Waals surface area contributed by atoms with E-state index in [9.17, 15) is 9.59 Å². The molecule has 0 saturated heterocycles. The molecule has 1 saturated carbocycles. The number of carboxylic acids is 1. The average Bonchev–Trinajstić information content (AvgIpc) is 2.96. The topological polar surface area (TPSA) is 78.4 Å². The lowest BCUT2D eigenvalue weighted by Gasteiger charge is -2.13. The number of hydrogen-bond donors (Lipinski definition) is 3. The van der Waals surface area contributed by atoms with Crippen molar-refractivity contribution in [2.45, 2.75) is 38.8 Å². The predicted molar refractivity (Wildman–Crippen MR) is 73.2 cm³/mol. The Morgan fingerprint density at radius 2 is 2.26 bits per heavy atom. The number of carbonyl (C=O) groups excluding carboxylic acids is 1. The maximum absolute atomic E-state index is 11.7. The summed E-state index contributed by atoms with van der Waals surface area (Å²) < 4.78 is 0. The standard InChI is InChI=1S/C13H18N2O3S/c1-8-4-5-19-11(8)7-14-13(18)15-10-3-2-9(6-10)12(16)17/h4-5,9-10H,2-3,6-7H2,1H3,(H,16,17)(H2,14,15,18)/t9-,10+/m1/s1. The Kier molecular flexibility index (Phi) is 4.42. The molecule has 0 bridgehead atoms. The molecule has 3 N–H and O–H groups in total. The highest BCUT2D eigenvalue weighted by atomic mass is 32.1. The number of hydrogen-bond acceptors (Lipinski definition) is 3. The first-order chi connectivity index (χ1) is 9.06. The van der Waals surface area contributed by atoms with Gasteiger partial charge in [-0.3, -0.25) is 4.79 Å². The molecule has 2 atom stereocenters. The Labute approximate surface area is 116 Å². The zero-order valence-corrected chi connectivity index (χ0v) is 11.6. The van der Waals surface area contributed by atoms with Crippen LogP contribution in [0.15, 0.2) is 11.4 Å². The molecule has 0 unspecified atom stereocenters. The van der Waals surface area contributed by atoms with E-state index in [1.807, 2.05) is 18.4 Å². The van der Waals surface area contributed by atoms with E-state index in [-0.39, 0.29) is 18.0 Å². The van der Waals surface area contributed by atoms with E-state index < -0.39 is 5.97 Å². The maximum Gasteiger partial charge on any atom is 0.315 e. The van der Waals surface area contributed by atoms with E-state index in [1.165, 1.54) is 5.56 Å². The van der Waals surface area contributed by atoms with Crippen molar-refractivity contribution in [3.8, 4) is 0 Å². The Morgan fingerprint density at radius 3 is 2.84 bits per heavy atom. The van der Waals surface area contributed by atoms with Crippen LogP contribution in [0.5, 0.6) is 0 Å². The largest absolute Gasteiger partial charge is 0.481 e. The molecule has 6 heteroatoms. The third-order valence-electron chi connectivity index (χ3n) is 3.49. The average molecular weight is 282 g/mol. The lowest BCUT2D eigenvalue weighted by atomic mass is 10.1. The third-order valence-corrected chi connectivity index (χ3v) is 4.52. The summed E-state index contributed by atoms with van der Waals surface area (Å²) in [6, 6.07) is 1.78. The van der Waals surface area contributed by atoms with Crippen molar-refractivity contribution in [2.24, 2.45) is 5.92 Å². The van der Waals surface area contributed by atoms with Gasteiger partial charge in [-0.15, -0.1) is 11.3 Å². The predicted octanol–water partition coefficient (Wildman–Crippen LogP) is 2.11. The Balaban J connectivity index is 1.73. The molecule has 1 aliphatic carbocycles. The molecule has 1 aliphatic rings. The van der Waals surface area contributed by atoms with Crippen molar-refractivity contribution in [3.05, 3.63) is 21.9 Å².